The van der Waals surface area contributed by atoms with Crippen LogP contribution in [-0.4, -0.2) is 42.2 Å². The van der Waals surface area contributed by atoms with E-state index in [0.717, 1.165) is 53.7 Å². The molecule has 33 heavy (non-hydrogen) atoms. The van der Waals surface area contributed by atoms with Gasteiger partial charge in [-0.2, -0.15) is 4.98 Å². The zero-order valence-corrected chi connectivity index (χ0v) is 19.9. The van der Waals surface area contributed by atoms with Gasteiger partial charge in [-0.05, 0) is 55.4 Å². The van der Waals surface area contributed by atoms with Crippen LogP contribution in [0, 0.1) is 0 Å². The average molecular weight is 447 g/mol. The van der Waals surface area contributed by atoms with E-state index in [0.29, 0.717) is 17.9 Å². The van der Waals surface area contributed by atoms with Gasteiger partial charge >= 0.3 is 6.03 Å². The van der Waals surface area contributed by atoms with Gasteiger partial charge < -0.3 is 20.9 Å². The summed E-state index contributed by atoms with van der Waals surface area (Å²) in [6.07, 6.45) is 3.76. The van der Waals surface area contributed by atoms with Gasteiger partial charge in [0.25, 0.3) is 0 Å². The van der Waals surface area contributed by atoms with Crippen LogP contribution in [0.5, 0.6) is 0 Å². The van der Waals surface area contributed by atoms with Crippen molar-refractivity contribution < 1.29 is 4.79 Å². The van der Waals surface area contributed by atoms with Gasteiger partial charge in [0.1, 0.15) is 5.82 Å². The van der Waals surface area contributed by atoms with E-state index in [1.165, 1.54) is 0 Å². The van der Waals surface area contributed by atoms with Crippen molar-refractivity contribution in [3.8, 4) is 0 Å². The van der Waals surface area contributed by atoms with E-state index in [9.17, 15) is 4.79 Å². The summed E-state index contributed by atoms with van der Waals surface area (Å²) in [6, 6.07) is 16.4. The van der Waals surface area contributed by atoms with Crippen molar-refractivity contribution in [2.75, 3.05) is 29.6 Å². The number of carbonyl (C=O) groups excluding carboxylic acids is 1. The van der Waals surface area contributed by atoms with Crippen molar-refractivity contribution in [3.05, 3.63) is 54.1 Å². The average Bonchev–Trinajstić information content (AvgIpc) is 2.80. The fourth-order valence-corrected chi connectivity index (χ4v) is 4.49. The standard InChI is InChI=1S/C26H34N6O/c1-17(2)20-9-5-7-11-22(20)30-26(33)28-19-15-13-18(14-16-19)27-25-29-23-12-8-6-10-21(23)24(31-25)32(3)4/h5-12,17-19H,13-16H2,1-4H3,(H,27,29,31)(H2,28,30,33). The molecule has 1 saturated carbocycles. The van der Waals surface area contributed by atoms with Gasteiger partial charge in [-0.1, -0.05) is 44.2 Å². The summed E-state index contributed by atoms with van der Waals surface area (Å²) in [5, 5.41) is 10.8. The molecule has 0 spiro atoms. The zero-order valence-electron chi connectivity index (χ0n) is 19.9. The number of carbonyl (C=O) groups is 1. The molecule has 1 fully saturated rings. The van der Waals surface area contributed by atoms with Crippen LogP contribution in [0.3, 0.4) is 0 Å². The van der Waals surface area contributed by atoms with Gasteiger partial charge in [0, 0.05) is 37.3 Å². The monoisotopic (exact) mass is 446 g/mol. The highest BCUT2D eigenvalue weighted by Gasteiger charge is 2.24. The summed E-state index contributed by atoms with van der Waals surface area (Å²) in [4.78, 5) is 24.1. The summed E-state index contributed by atoms with van der Waals surface area (Å²) in [5.41, 5.74) is 2.96. The van der Waals surface area contributed by atoms with E-state index in [4.69, 9.17) is 9.97 Å². The van der Waals surface area contributed by atoms with Crippen molar-refractivity contribution in [2.24, 2.45) is 0 Å². The first-order chi connectivity index (χ1) is 15.9. The quantitative estimate of drug-likeness (QED) is 0.475. The van der Waals surface area contributed by atoms with Crippen molar-refractivity contribution in [1.82, 2.24) is 15.3 Å². The number of hydrogen-bond acceptors (Lipinski definition) is 5. The third-order valence-corrected chi connectivity index (χ3v) is 6.23. The maximum absolute atomic E-state index is 12.6. The second-order valence-corrected chi connectivity index (χ2v) is 9.32. The number of anilines is 3. The molecular formula is C26H34N6O. The van der Waals surface area contributed by atoms with Gasteiger partial charge in [-0.15, -0.1) is 0 Å². The molecule has 7 nitrogen and oxygen atoms in total. The molecule has 2 amide bonds. The van der Waals surface area contributed by atoms with Gasteiger partial charge in [0.2, 0.25) is 5.95 Å². The van der Waals surface area contributed by atoms with Crippen LogP contribution < -0.4 is 20.9 Å². The van der Waals surface area contributed by atoms with Crippen LogP contribution in [0.15, 0.2) is 48.5 Å². The molecule has 0 radical (unpaired) electrons. The molecule has 1 heterocycles. The number of amides is 2. The lowest BCUT2D eigenvalue weighted by Gasteiger charge is -2.30. The lowest BCUT2D eigenvalue weighted by molar-refractivity contribution is 0.243. The number of urea groups is 1. The molecule has 1 aliphatic rings. The molecule has 4 rings (SSSR count). The highest BCUT2D eigenvalue weighted by atomic mass is 16.2. The van der Waals surface area contributed by atoms with Gasteiger partial charge in [-0.3, -0.25) is 0 Å². The molecule has 3 N–H and O–H groups in total. The molecule has 0 saturated heterocycles. The topological polar surface area (TPSA) is 82.2 Å². The Morgan fingerprint density at radius 2 is 1.61 bits per heavy atom. The second-order valence-electron chi connectivity index (χ2n) is 9.32. The van der Waals surface area contributed by atoms with E-state index in [1.807, 2.05) is 55.4 Å². The number of nitrogens with one attached hydrogen (secondary N) is 3. The molecule has 0 unspecified atom stereocenters. The smallest absolute Gasteiger partial charge is 0.319 e. The predicted octanol–water partition coefficient (Wildman–Crippen LogP) is 5.36. The molecule has 2 aromatic carbocycles. The van der Waals surface area contributed by atoms with Crippen molar-refractivity contribution in [1.29, 1.82) is 0 Å². The summed E-state index contributed by atoms with van der Waals surface area (Å²) >= 11 is 0. The minimum absolute atomic E-state index is 0.131. The molecule has 1 aliphatic carbocycles. The summed E-state index contributed by atoms with van der Waals surface area (Å²) in [7, 11) is 4.00. The van der Waals surface area contributed by atoms with Crippen LogP contribution in [0.2, 0.25) is 0 Å². The fourth-order valence-electron chi connectivity index (χ4n) is 4.49. The minimum atomic E-state index is -0.131. The highest BCUT2D eigenvalue weighted by Crippen LogP contribution is 2.27. The van der Waals surface area contributed by atoms with E-state index >= 15 is 0 Å². The van der Waals surface area contributed by atoms with Crippen molar-refractivity contribution >= 4 is 34.4 Å². The predicted molar refractivity (Wildman–Crippen MR) is 136 cm³/mol. The number of aromatic nitrogens is 2. The Bertz CT molecular complexity index is 1100. The van der Waals surface area contributed by atoms with Crippen molar-refractivity contribution in [2.45, 2.75) is 57.5 Å². The van der Waals surface area contributed by atoms with Crippen LogP contribution >= 0.6 is 0 Å². The fraction of sp³-hybridized carbons (Fsp3) is 0.423. The molecule has 174 valence electrons. The van der Waals surface area contributed by atoms with E-state index in [2.05, 4.69) is 41.9 Å². The normalized spacial score (nSPS) is 18.2. The minimum Gasteiger partial charge on any atom is -0.362 e. The van der Waals surface area contributed by atoms with Crippen LogP contribution in [0.25, 0.3) is 10.9 Å². The third-order valence-electron chi connectivity index (χ3n) is 6.23. The molecule has 0 atom stereocenters. The molecular weight excluding hydrogens is 412 g/mol. The number of rotatable bonds is 6. The lowest BCUT2D eigenvalue weighted by Crippen LogP contribution is -2.42. The van der Waals surface area contributed by atoms with Crippen LogP contribution in [-0.2, 0) is 0 Å². The maximum atomic E-state index is 12.6. The number of hydrogen-bond donors (Lipinski definition) is 3. The SMILES string of the molecule is CC(C)c1ccccc1NC(=O)NC1CCC(Nc2nc(N(C)C)c3ccccc3n2)CC1. The Morgan fingerprint density at radius 3 is 2.33 bits per heavy atom. The molecule has 0 aliphatic heterocycles. The second kappa shape index (κ2) is 10.1. The van der Waals surface area contributed by atoms with E-state index < -0.39 is 0 Å². The number of para-hydroxylation sites is 2. The first-order valence-corrected chi connectivity index (χ1v) is 11.8. The first-order valence-electron chi connectivity index (χ1n) is 11.8. The van der Waals surface area contributed by atoms with Gasteiger partial charge in [-0.25, -0.2) is 9.78 Å². The van der Waals surface area contributed by atoms with Crippen molar-refractivity contribution in [3.63, 3.8) is 0 Å². The third kappa shape index (κ3) is 5.53. The highest BCUT2D eigenvalue weighted by molar-refractivity contribution is 5.91. The summed E-state index contributed by atoms with van der Waals surface area (Å²) in [6.45, 7) is 4.26. The lowest BCUT2D eigenvalue weighted by atomic mass is 9.91. The maximum Gasteiger partial charge on any atom is 0.319 e. The largest absolute Gasteiger partial charge is 0.362 e. The Hall–Kier alpha value is -3.35. The Balaban J connectivity index is 1.33. The Kier molecular flexibility index (Phi) is 6.96. The van der Waals surface area contributed by atoms with Crippen LogP contribution in [0.4, 0.5) is 22.2 Å². The van der Waals surface area contributed by atoms with E-state index in [-0.39, 0.29) is 12.1 Å². The van der Waals surface area contributed by atoms with E-state index in [1.54, 1.807) is 0 Å². The molecule has 7 heteroatoms. The molecule has 1 aromatic heterocycles. The van der Waals surface area contributed by atoms with Gasteiger partial charge in [0.15, 0.2) is 0 Å². The number of benzene rings is 2. The summed E-state index contributed by atoms with van der Waals surface area (Å²) < 4.78 is 0. The molecule has 0 bridgehead atoms. The van der Waals surface area contributed by atoms with Crippen LogP contribution in [0.1, 0.15) is 51.0 Å². The number of nitrogens with zero attached hydrogens (tertiary/aromatic N) is 3. The molecule has 3 aromatic rings. The Morgan fingerprint density at radius 1 is 0.939 bits per heavy atom. The van der Waals surface area contributed by atoms with Gasteiger partial charge in [0.05, 0.1) is 5.52 Å². The number of fused-ring (bicyclic) bond motifs is 1. The summed E-state index contributed by atoms with van der Waals surface area (Å²) in [5.74, 6) is 1.93. The Labute approximate surface area is 196 Å². The zero-order chi connectivity index (χ0) is 23.4. The first kappa shape index (κ1) is 22.8.